The Morgan fingerprint density at radius 3 is 2.41 bits per heavy atom. The summed E-state index contributed by atoms with van der Waals surface area (Å²) < 4.78 is 10.8. The first kappa shape index (κ1) is 23.1. The Kier molecular flexibility index (Phi) is 6.98. The number of likely N-dealkylation sites (N-methyl/N-ethyl adjacent to an activating group) is 1. The second-order valence-electron chi connectivity index (χ2n) is 7.86. The quantitative estimate of drug-likeness (QED) is 0.540. The molecule has 10 nitrogen and oxygen atoms in total. The van der Waals surface area contributed by atoms with Crippen LogP contribution in [0.3, 0.4) is 0 Å². The Bertz CT molecular complexity index is 1130. The van der Waals surface area contributed by atoms with Crippen LogP contribution in [0.1, 0.15) is 0 Å². The van der Waals surface area contributed by atoms with E-state index >= 15 is 0 Å². The third-order valence-corrected chi connectivity index (χ3v) is 5.67. The predicted molar refractivity (Wildman–Crippen MR) is 131 cm³/mol. The van der Waals surface area contributed by atoms with E-state index in [1.54, 1.807) is 44.6 Å². The monoisotopic (exact) mass is 464 g/mol. The van der Waals surface area contributed by atoms with Crippen molar-refractivity contribution in [1.29, 1.82) is 0 Å². The summed E-state index contributed by atoms with van der Waals surface area (Å²) in [6.45, 7) is 3.86. The molecule has 0 radical (unpaired) electrons. The molecule has 4 rings (SSSR count). The third kappa shape index (κ3) is 5.12. The van der Waals surface area contributed by atoms with Crippen LogP contribution in [-0.4, -0.2) is 73.5 Å². The van der Waals surface area contributed by atoms with Crippen molar-refractivity contribution in [3.05, 3.63) is 54.7 Å². The van der Waals surface area contributed by atoms with Gasteiger partial charge in [-0.05, 0) is 43.4 Å². The highest BCUT2D eigenvalue weighted by Gasteiger charge is 2.20. The number of piperazine rings is 1. The lowest BCUT2D eigenvalue weighted by Gasteiger charge is -2.34. The first-order valence-electron chi connectivity index (χ1n) is 10.9. The molecule has 178 valence electrons. The molecule has 1 aliphatic rings. The number of nitrogens with zero attached hydrogens (tertiary/aromatic N) is 5. The van der Waals surface area contributed by atoms with Gasteiger partial charge < -0.3 is 29.7 Å². The number of benzene rings is 2. The van der Waals surface area contributed by atoms with Gasteiger partial charge >= 0.3 is 6.09 Å². The zero-order chi connectivity index (χ0) is 24.1. The maximum absolute atomic E-state index is 12.0. The Morgan fingerprint density at radius 1 is 1.03 bits per heavy atom. The number of nitrogens with one attached hydrogen (secondary N) is 1. The van der Waals surface area contributed by atoms with Crippen molar-refractivity contribution in [1.82, 2.24) is 14.9 Å². The van der Waals surface area contributed by atoms with E-state index in [2.05, 4.69) is 32.1 Å². The minimum atomic E-state index is -1.16. The van der Waals surface area contributed by atoms with Gasteiger partial charge in [0.1, 0.15) is 17.3 Å². The van der Waals surface area contributed by atoms with Crippen molar-refractivity contribution in [2.45, 2.75) is 0 Å². The smallest absolute Gasteiger partial charge is 0.417 e. The van der Waals surface area contributed by atoms with Crippen LogP contribution in [-0.2, 0) is 0 Å². The number of amides is 1. The average molecular weight is 465 g/mol. The van der Waals surface area contributed by atoms with E-state index in [0.29, 0.717) is 11.4 Å². The number of anilines is 5. The maximum atomic E-state index is 12.0. The molecular formula is C24H28N6O4. The molecule has 0 aliphatic carbocycles. The summed E-state index contributed by atoms with van der Waals surface area (Å²) in [5, 5.41) is 13.0. The largest absolute Gasteiger partial charge is 0.497 e. The van der Waals surface area contributed by atoms with Gasteiger partial charge in [-0.2, -0.15) is 4.98 Å². The van der Waals surface area contributed by atoms with Gasteiger partial charge in [-0.25, -0.2) is 14.7 Å². The summed E-state index contributed by atoms with van der Waals surface area (Å²) in [7, 11) is 5.32. The summed E-state index contributed by atoms with van der Waals surface area (Å²) in [4.78, 5) is 26.4. The summed E-state index contributed by atoms with van der Waals surface area (Å²) in [6.07, 6.45) is 0.355. The second-order valence-corrected chi connectivity index (χ2v) is 7.86. The van der Waals surface area contributed by atoms with E-state index in [4.69, 9.17) is 9.47 Å². The molecule has 1 aromatic heterocycles. The summed E-state index contributed by atoms with van der Waals surface area (Å²) in [6, 6.07) is 14.1. The maximum Gasteiger partial charge on any atom is 0.417 e. The molecule has 0 unspecified atom stereocenters. The Labute approximate surface area is 198 Å². The molecule has 10 heteroatoms. The third-order valence-electron chi connectivity index (χ3n) is 5.67. The summed E-state index contributed by atoms with van der Waals surface area (Å²) in [5.74, 6) is 1.87. The number of aromatic nitrogens is 2. The minimum absolute atomic E-state index is 0.219. The van der Waals surface area contributed by atoms with Crippen molar-refractivity contribution in [3.63, 3.8) is 0 Å². The van der Waals surface area contributed by atoms with Gasteiger partial charge in [0, 0.05) is 50.2 Å². The molecule has 3 aromatic rings. The van der Waals surface area contributed by atoms with Crippen LogP contribution in [0.25, 0.3) is 0 Å². The molecule has 0 saturated carbocycles. The average Bonchev–Trinajstić information content (AvgIpc) is 2.85. The second kappa shape index (κ2) is 10.3. The van der Waals surface area contributed by atoms with Crippen molar-refractivity contribution in [2.24, 2.45) is 0 Å². The van der Waals surface area contributed by atoms with E-state index < -0.39 is 6.09 Å². The zero-order valence-corrected chi connectivity index (χ0v) is 19.4. The first-order chi connectivity index (χ1) is 16.5. The first-order valence-corrected chi connectivity index (χ1v) is 10.9. The number of rotatable bonds is 7. The van der Waals surface area contributed by atoms with Crippen LogP contribution >= 0.6 is 0 Å². The number of carbonyl (C=O) groups is 1. The fraction of sp³-hybridized carbons (Fsp3) is 0.292. The molecule has 2 N–H and O–H groups in total. The lowest BCUT2D eigenvalue weighted by molar-refractivity contribution is 0.204. The zero-order valence-electron chi connectivity index (χ0n) is 19.4. The van der Waals surface area contributed by atoms with Gasteiger partial charge in [0.25, 0.3) is 0 Å². The van der Waals surface area contributed by atoms with E-state index in [9.17, 15) is 9.90 Å². The molecule has 2 aromatic carbocycles. The highest BCUT2D eigenvalue weighted by Crippen LogP contribution is 2.33. The van der Waals surface area contributed by atoms with Crippen molar-refractivity contribution in [2.75, 3.05) is 62.6 Å². The van der Waals surface area contributed by atoms with Gasteiger partial charge in [0.15, 0.2) is 0 Å². The van der Waals surface area contributed by atoms with Crippen molar-refractivity contribution >= 4 is 34.9 Å². The fourth-order valence-corrected chi connectivity index (χ4v) is 3.80. The molecule has 1 saturated heterocycles. The van der Waals surface area contributed by atoms with Crippen LogP contribution in [0, 0.1) is 0 Å². The van der Waals surface area contributed by atoms with Gasteiger partial charge in [-0.1, -0.05) is 0 Å². The number of carboxylic acid groups (broad SMARTS) is 1. The number of methoxy groups -OCH3 is 2. The molecular weight excluding hydrogens is 436 g/mol. The Hall–Kier alpha value is -4.05. The fourth-order valence-electron chi connectivity index (χ4n) is 3.80. The predicted octanol–water partition coefficient (Wildman–Crippen LogP) is 3.81. The molecule has 0 spiro atoms. The normalized spacial score (nSPS) is 13.9. The van der Waals surface area contributed by atoms with Gasteiger partial charge in [-0.3, -0.25) is 0 Å². The Morgan fingerprint density at radius 2 is 1.76 bits per heavy atom. The Balaban J connectivity index is 1.56. The number of hydrogen-bond donors (Lipinski definition) is 2. The minimum Gasteiger partial charge on any atom is -0.497 e. The molecule has 2 heterocycles. The van der Waals surface area contributed by atoms with Crippen LogP contribution in [0.5, 0.6) is 11.5 Å². The molecule has 1 fully saturated rings. The van der Waals surface area contributed by atoms with E-state index in [1.165, 1.54) is 6.20 Å². The highest BCUT2D eigenvalue weighted by molar-refractivity contribution is 5.93. The highest BCUT2D eigenvalue weighted by atomic mass is 16.5. The van der Waals surface area contributed by atoms with Crippen molar-refractivity contribution in [3.8, 4) is 11.5 Å². The van der Waals surface area contributed by atoms with Crippen molar-refractivity contribution < 1.29 is 19.4 Å². The van der Waals surface area contributed by atoms with E-state index in [-0.39, 0.29) is 11.8 Å². The van der Waals surface area contributed by atoms with Crippen LogP contribution in [0.2, 0.25) is 0 Å². The van der Waals surface area contributed by atoms with E-state index in [1.807, 2.05) is 18.2 Å². The topological polar surface area (TPSA) is 103 Å². The molecule has 0 bridgehead atoms. The van der Waals surface area contributed by atoms with Gasteiger partial charge in [-0.15, -0.1) is 0 Å². The van der Waals surface area contributed by atoms with E-state index in [0.717, 1.165) is 48.2 Å². The van der Waals surface area contributed by atoms with Crippen LogP contribution < -0.4 is 24.6 Å². The molecule has 0 atom stereocenters. The summed E-state index contributed by atoms with van der Waals surface area (Å²) >= 11 is 0. The summed E-state index contributed by atoms with van der Waals surface area (Å²) in [5.41, 5.74) is 2.21. The van der Waals surface area contributed by atoms with Crippen LogP contribution in [0.15, 0.2) is 54.7 Å². The lowest BCUT2D eigenvalue weighted by atomic mass is 10.2. The molecule has 1 amide bonds. The van der Waals surface area contributed by atoms with Gasteiger partial charge in [0.2, 0.25) is 5.95 Å². The van der Waals surface area contributed by atoms with Gasteiger partial charge in [0.05, 0.1) is 25.6 Å². The number of hydrogen-bond acceptors (Lipinski definition) is 8. The lowest BCUT2D eigenvalue weighted by Crippen LogP contribution is -2.44. The SMILES string of the molecule is COc1ccc(N(C(=O)O)c2ccnc(Nc3ccc(N4CCN(C)CC4)c(OC)c3)n2)cc1. The number of ether oxygens (including phenoxy) is 2. The molecule has 34 heavy (non-hydrogen) atoms. The standard InChI is InChI=1S/C24H28N6O4/c1-28-12-14-29(15-13-28)20-9-4-17(16-21(20)34-3)26-23-25-11-10-22(27-23)30(24(31)32)18-5-7-19(33-2)8-6-18/h4-11,16H,12-15H2,1-3H3,(H,31,32)(H,25,26,27). The molecule has 1 aliphatic heterocycles. The van der Waals surface area contributed by atoms with Crippen LogP contribution in [0.4, 0.5) is 33.6 Å².